The van der Waals surface area contributed by atoms with Crippen LogP contribution in [0.2, 0.25) is 0 Å². The van der Waals surface area contributed by atoms with Gasteiger partial charge in [-0.2, -0.15) is 0 Å². The molecule has 1 radical (unpaired) electrons. The van der Waals surface area contributed by atoms with Crippen molar-refractivity contribution >= 4 is 34.8 Å². The van der Waals surface area contributed by atoms with Crippen LogP contribution < -0.4 is 9.62 Å². The maximum atomic E-state index is 2.55. The molecule has 0 saturated heterocycles. The molecule has 1 aliphatic heterocycles. The third-order valence-electron chi connectivity index (χ3n) is 5.61. The van der Waals surface area contributed by atoms with E-state index in [9.17, 15) is 0 Å². The molecule has 29 heavy (non-hydrogen) atoms. The quantitative estimate of drug-likeness (QED) is 0.352. The van der Waals surface area contributed by atoms with E-state index >= 15 is 0 Å². The van der Waals surface area contributed by atoms with Crippen LogP contribution in [0, 0.1) is 0 Å². The van der Waals surface area contributed by atoms with Gasteiger partial charge in [0.1, 0.15) is 0 Å². The van der Waals surface area contributed by atoms with Crippen molar-refractivity contribution in [2.45, 2.75) is 104 Å². The molecule has 2 rings (SSSR count). The van der Waals surface area contributed by atoms with Crippen LogP contribution in [0.3, 0.4) is 0 Å². The van der Waals surface area contributed by atoms with E-state index in [4.69, 9.17) is 0 Å². The third kappa shape index (κ3) is 6.14. The van der Waals surface area contributed by atoms with Gasteiger partial charge < -0.3 is 9.62 Å². The Kier molecular flexibility index (Phi) is 7.20. The number of nitrogens with zero attached hydrogens (tertiary/aromatic N) is 2. The standard InChI is InChI=1S/C24H44BN2P2/c1-21(2,3)28(22(4,5)6)17-26-19-15-13-14-16-20(19)27(25-26)18-29(23(7,8)9)24(10,11)12/h13-16H,17-18H2,1-12H3. The molecule has 0 aliphatic carbocycles. The van der Waals surface area contributed by atoms with E-state index in [0.717, 1.165) is 12.6 Å². The molecule has 0 spiro atoms. The van der Waals surface area contributed by atoms with Gasteiger partial charge in [-0.25, -0.2) is 0 Å². The molecule has 163 valence electrons. The van der Waals surface area contributed by atoms with E-state index in [1.54, 1.807) is 0 Å². The van der Waals surface area contributed by atoms with Crippen molar-refractivity contribution in [2.24, 2.45) is 0 Å². The topological polar surface area (TPSA) is 6.48 Å². The molecule has 1 aromatic rings. The van der Waals surface area contributed by atoms with Gasteiger partial charge in [-0.1, -0.05) is 111 Å². The zero-order valence-electron chi connectivity index (χ0n) is 21.1. The summed E-state index contributed by atoms with van der Waals surface area (Å²) in [4.78, 5) is 5.10. The molecule has 0 bridgehead atoms. The van der Waals surface area contributed by atoms with Gasteiger partial charge >= 0.3 is 7.55 Å². The van der Waals surface area contributed by atoms with Crippen LogP contribution in [0.5, 0.6) is 0 Å². The first-order valence-electron chi connectivity index (χ1n) is 11.0. The number of anilines is 2. The van der Waals surface area contributed by atoms with E-state index in [1.807, 2.05) is 0 Å². The van der Waals surface area contributed by atoms with Crippen molar-refractivity contribution in [3.05, 3.63) is 24.3 Å². The number of rotatable bonds is 4. The van der Waals surface area contributed by atoms with Crippen LogP contribution in [0.4, 0.5) is 11.4 Å². The first kappa shape index (κ1) is 25.0. The highest BCUT2D eigenvalue weighted by Crippen LogP contribution is 2.62. The Morgan fingerprint density at radius 1 is 0.586 bits per heavy atom. The van der Waals surface area contributed by atoms with Gasteiger partial charge in [-0.05, 0) is 32.8 Å². The van der Waals surface area contributed by atoms with Gasteiger partial charge in [0.05, 0.1) is 0 Å². The molecule has 1 heterocycles. The Labute approximate surface area is 185 Å². The number of para-hydroxylation sites is 2. The van der Waals surface area contributed by atoms with Gasteiger partial charge in [-0.15, -0.1) is 0 Å². The number of fused-ring (bicyclic) bond motifs is 1. The van der Waals surface area contributed by atoms with Gasteiger partial charge in [0.25, 0.3) is 0 Å². The first-order valence-corrected chi connectivity index (χ1v) is 14.0. The van der Waals surface area contributed by atoms with Gasteiger partial charge in [0.2, 0.25) is 0 Å². The van der Waals surface area contributed by atoms with Crippen molar-refractivity contribution in [3.63, 3.8) is 0 Å². The summed E-state index contributed by atoms with van der Waals surface area (Å²) in [6.07, 6.45) is 2.25. The van der Waals surface area contributed by atoms with Crippen molar-refractivity contribution in [3.8, 4) is 0 Å². The van der Waals surface area contributed by atoms with Gasteiger partial charge in [0, 0.05) is 23.9 Å². The molecule has 0 amide bonds. The Morgan fingerprint density at radius 3 is 1.10 bits per heavy atom. The molecule has 2 nitrogen and oxygen atoms in total. The number of hydrogen-bond donors (Lipinski definition) is 0. The minimum Gasteiger partial charge on any atom is -0.393 e. The first-order chi connectivity index (χ1) is 12.9. The third-order valence-corrected chi connectivity index (χ3v) is 13.3. The smallest absolute Gasteiger partial charge is 0.392 e. The predicted molar refractivity (Wildman–Crippen MR) is 140 cm³/mol. The molecule has 0 aromatic heterocycles. The van der Waals surface area contributed by atoms with Crippen LogP contribution in [-0.4, -0.2) is 40.7 Å². The Bertz CT molecular complexity index is 606. The minimum absolute atomic E-state index is 0.189. The minimum atomic E-state index is -0.189. The lowest BCUT2D eigenvalue weighted by Crippen LogP contribution is -2.41. The van der Waals surface area contributed by atoms with E-state index < -0.39 is 0 Å². The fraction of sp³-hybridized carbons (Fsp3) is 0.750. The predicted octanol–water partition coefficient (Wildman–Crippen LogP) is 7.92. The molecule has 0 fully saturated rings. The highest BCUT2D eigenvalue weighted by atomic mass is 31.1. The molecular formula is C24H44BN2P2. The normalized spacial score (nSPS) is 15.9. The largest absolute Gasteiger partial charge is 0.393 e. The monoisotopic (exact) mass is 433 g/mol. The van der Waals surface area contributed by atoms with Crippen LogP contribution in [0.25, 0.3) is 0 Å². The fourth-order valence-electron chi connectivity index (χ4n) is 4.63. The van der Waals surface area contributed by atoms with Crippen LogP contribution in [-0.2, 0) is 0 Å². The number of hydrogen-bond acceptors (Lipinski definition) is 2. The average molecular weight is 433 g/mol. The molecule has 1 aromatic carbocycles. The molecule has 0 unspecified atom stereocenters. The summed E-state index contributed by atoms with van der Waals surface area (Å²) in [7, 11) is 2.04. The Morgan fingerprint density at radius 2 is 0.862 bits per heavy atom. The maximum absolute atomic E-state index is 2.55. The van der Waals surface area contributed by atoms with Crippen LogP contribution in [0.1, 0.15) is 83.1 Å². The van der Waals surface area contributed by atoms with Crippen LogP contribution >= 0.6 is 15.8 Å². The lowest BCUT2D eigenvalue weighted by Gasteiger charge is -2.45. The second-order valence-corrected chi connectivity index (χ2v) is 20.0. The highest BCUT2D eigenvalue weighted by Gasteiger charge is 2.41. The Hall–Kier alpha value is -0.255. The summed E-state index contributed by atoms with van der Waals surface area (Å²) < 4.78 is 0. The summed E-state index contributed by atoms with van der Waals surface area (Å²) in [6.45, 7) is 29.0. The van der Waals surface area contributed by atoms with Crippen molar-refractivity contribution < 1.29 is 0 Å². The van der Waals surface area contributed by atoms with Crippen molar-refractivity contribution in [2.75, 3.05) is 22.2 Å². The lowest BCUT2D eigenvalue weighted by molar-refractivity contribution is 0.704. The van der Waals surface area contributed by atoms with E-state index in [-0.39, 0.29) is 15.8 Å². The maximum Gasteiger partial charge on any atom is 0.392 e. The van der Waals surface area contributed by atoms with Crippen molar-refractivity contribution in [1.82, 2.24) is 0 Å². The average Bonchev–Trinajstić information content (AvgIpc) is 2.84. The van der Waals surface area contributed by atoms with E-state index in [2.05, 4.69) is 125 Å². The second-order valence-electron chi connectivity index (χ2n) is 12.4. The zero-order chi connectivity index (χ0) is 22.4. The van der Waals surface area contributed by atoms with Gasteiger partial charge in [-0.3, -0.25) is 0 Å². The lowest BCUT2D eigenvalue weighted by atomic mass is 10.1. The molecule has 0 N–H and O–H groups in total. The van der Waals surface area contributed by atoms with E-state index in [1.165, 1.54) is 11.4 Å². The Balaban J connectivity index is 2.34. The zero-order valence-corrected chi connectivity index (χ0v) is 22.9. The summed E-state index contributed by atoms with van der Waals surface area (Å²) in [5.41, 5.74) is 2.76. The second kappa shape index (κ2) is 8.35. The van der Waals surface area contributed by atoms with Crippen LogP contribution in [0.15, 0.2) is 24.3 Å². The summed E-state index contributed by atoms with van der Waals surface area (Å²) in [5, 5.41) is 1.31. The number of benzene rings is 1. The van der Waals surface area contributed by atoms with E-state index in [0.29, 0.717) is 20.6 Å². The molecule has 5 heteroatoms. The summed E-state index contributed by atoms with van der Waals surface area (Å²) >= 11 is 0. The summed E-state index contributed by atoms with van der Waals surface area (Å²) in [6, 6.07) is 8.99. The van der Waals surface area contributed by atoms with Gasteiger partial charge in [0.15, 0.2) is 0 Å². The highest BCUT2D eigenvalue weighted by molar-refractivity contribution is 7.61. The SMILES string of the molecule is CC(C)(C)P(CN1[B]N(CP(C(C)(C)C)C(C)(C)C)c2ccccc21)C(C)(C)C. The molecular weight excluding hydrogens is 389 g/mol. The molecule has 1 aliphatic rings. The molecule has 0 atom stereocenters. The fourth-order valence-corrected chi connectivity index (χ4v) is 11.4. The molecule has 0 saturated carbocycles. The van der Waals surface area contributed by atoms with Crippen molar-refractivity contribution in [1.29, 1.82) is 0 Å². The summed E-state index contributed by atoms with van der Waals surface area (Å²) in [5.74, 6) is 0.